The van der Waals surface area contributed by atoms with Gasteiger partial charge in [0, 0.05) is 11.0 Å². The van der Waals surface area contributed by atoms with Crippen LogP contribution in [0, 0.1) is 0 Å². The van der Waals surface area contributed by atoms with Crippen molar-refractivity contribution in [1.29, 1.82) is 0 Å². The smallest absolute Gasteiger partial charge is 0.215 e. The number of benzene rings is 1. The zero-order valence-electron chi connectivity index (χ0n) is 8.85. The molecule has 0 amide bonds. The van der Waals surface area contributed by atoms with Crippen molar-refractivity contribution in [2.75, 3.05) is 6.54 Å². The zero-order valence-corrected chi connectivity index (χ0v) is 11.3. The molecule has 1 atom stereocenters. The number of hydrogen-bond donors (Lipinski definition) is 2. The largest absolute Gasteiger partial charge is 0.392 e. The van der Waals surface area contributed by atoms with Crippen LogP contribution < -0.4 is 4.72 Å². The number of rotatable bonds is 5. The first-order valence-electron chi connectivity index (χ1n) is 4.79. The van der Waals surface area contributed by atoms with Crippen molar-refractivity contribution < 1.29 is 13.5 Å². The van der Waals surface area contributed by atoms with Gasteiger partial charge in [-0.15, -0.1) is 0 Å². The van der Waals surface area contributed by atoms with Gasteiger partial charge in [0.15, 0.2) is 0 Å². The maximum atomic E-state index is 11.6. The SMILES string of the molecule is C[C@H](O)CNS(=O)(=O)Cc1ccccc1Br. The molecule has 0 aliphatic carbocycles. The molecule has 1 rings (SSSR count). The quantitative estimate of drug-likeness (QED) is 0.860. The Kier molecular flexibility index (Phi) is 4.91. The number of sulfonamides is 1. The van der Waals surface area contributed by atoms with Crippen molar-refractivity contribution in [3.8, 4) is 0 Å². The third-order valence-corrected chi connectivity index (χ3v) is 3.97. The second kappa shape index (κ2) is 5.77. The van der Waals surface area contributed by atoms with E-state index in [0.29, 0.717) is 5.56 Å². The van der Waals surface area contributed by atoms with Gasteiger partial charge in [0.1, 0.15) is 0 Å². The first-order valence-corrected chi connectivity index (χ1v) is 7.24. The number of aliphatic hydroxyl groups excluding tert-OH is 1. The van der Waals surface area contributed by atoms with Crippen LogP contribution >= 0.6 is 15.9 Å². The van der Waals surface area contributed by atoms with E-state index in [4.69, 9.17) is 5.11 Å². The minimum Gasteiger partial charge on any atom is -0.392 e. The van der Waals surface area contributed by atoms with Crippen LogP contribution in [0.3, 0.4) is 0 Å². The van der Waals surface area contributed by atoms with Crippen molar-refractivity contribution in [2.45, 2.75) is 18.8 Å². The van der Waals surface area contributed by atoms with Gasteiger partial charge in [-0.3, -0.25) is 0 Å². The molecule has 0 saturated heterocycles. The Labute approximate surface area is 104 Å². The molecule has 90 valence electrons. The molecule has 0 spiro atoms. The van der Waals surface area contributed by atoms with Crippen molar-refractivity contribution >= 4 is 26.0 Å². The van der Waals surface area contributed by atoms with Crippen molar-refractivity contribution in [1.82, 2.24) is 4.72 Å². The highest BCUT2D eigenvalue weighted by atomic mass is 79.9. The van der Waals surface area contributed by atoms with E-state index in [1.165, 1.54) is 6.92 Å². The lowest BCUT2D eigenvalue weighted by Crippen LogP contribution is -2.31. The van der Waals surface area contributed by atoms with Gasteiger partial charge < -0.3 is 5.11 Å². The number of halogens is 1. The fraction of sp³-hybridized carbons (Fsp3) is 0.400. The lowest BCUT2D eigenvalue weighted by molar-refractivity contribution is 0.198. The van der Waals surface area contributed by atoms with Gasteiger partial charge in [-0.25, -0.2) is 13.1 Å². The molecule has 6 heteroatoms. The summed E-state index contributed by atoms with van der Waals surface area (Å²) in [6.45, 7) is 1.56. The predicted octanol–water partition coefficient (Wildman–Crippen LogP) is 1.25. The molecular formula is C10H14BrNO3S. The van der Waals surface area contributed by atoms with Gasteiger partial charge in [-0.05, 0) is 18.6 Å². The Balaban J connectivity index is 2.70. The van der Waals surface area contributed by atoms with Crippen LogP contribution in [0.4, 0.5) is 0 Å². The molecule has 0 saturated carbocycles. The molecule has 0 radical (unpaired) electrons. The Morgan fingerprint density at radius 3 is 2.62 bits per heavy atom. The molecule has 2 N–H and O–H groups in total. The molecule has 0 unspecified atom stereocenters. The Morgan fingerprint density at radius 2 is 2.06 bits per heavy atom. The average Bonchev–Trinajstić information content (AvgIpc) is 2.19. The molecule has 0 fully saturated rings. The summed E-state index contributed by atoms with van der Waals surface area (Å²) in [7, 11) is -3.39. The van der Waals surface area contributed by atoms with E-state index in [1.807, 2.05) is 6.07 Å². The molecule has 0 aliphatic rings. The highest BCUT2D eigenvalue weighted by Gasteiger charge is 2.13. The third-order valence-electron chi connectivity index (χ3n) is 1.90. The van der Waals surface area contributed by atoms with Crippen LogP contribution in [0.5, 0.6) is 0 Å². The van der Waals surface area contributed by atoms with E-state index in [0.717, 1.165) is 4.47 Å². The van der Waals surface area contributed by atoms with Crippen LogP contribution in [-0.2, 0) is 15.8 Å². The van der Waals surface area contributed by atoms with Crippen molar-refractivity contribution in [3.63, 3.8) is 0 Å². The van der Waals surface area contributed by atoms with Crippen LogP contribution in [0.15, 0.2) is 28.7 Å². The highest BCUT2D eigenvalue weighted by Crippen LogP contribution is 2.17. The minimum absolute atomic E-state index is 0.0345. The van der Waals surface area contributed by atoms with E-state index >= 15 is 0 Å². The molecule has 16 heavy (non-hydrogen) atoms. The normalized spacial score (nSPS) is 13.7. The van der Waals surface area contributed by atoms with Crippen molar-refractivity contribution in [2.24, 2.45) is 0 Å². The summed E-state index contributed by atoms with van der Waals surface area (Å²) in [6.07, 6.45) is -0.686. The maximum Gasteiger partial charge on any atom is 0.215 e. The van der Waals surface area contributed by atoms with Crippen LogP contribution in [0.2, 0.25) is 0 Å². The summed E-state index contributed by atoms with van der Waals surface area (Å²) < 4.78 is 26.3. The highest BCUT2D eigenvalue weighted by molar-refractivity contribution is 9.10. The molecule has 1 aromatic carbocycles. The number of aliphatic hydroxyl groups is 1. The Morgan fingerprint density at radius 1 is 1.44 bits per heavy atom. The fourth-order valence-electron chi connectivity index (χ4n) is 1.12. The second-order valence-electron chi connectivity index (χ2n) is 3.55. The van der Waals surface area contributed by atoms with Gasteiger partial charge in [0.25, 0.3) is 0 Å². The first kappa shape index (κ1) is 13.6. The molecule has 0 aliphatic heterocycles. The Hall–Kier alpha value is -0.430. The number of hydrogen-bond acceptors (Lipinski definition) is 3. The minimum atomic E-state index is -3.39. The van der Waals surface area contributed by atoms with E-state index in [2.05, 4.69) is 20.7 Å². The average molecular weight is 308 g/mol. The van der Waals surface area contributed by atoms with E-state index in [-0.39, 0.29) is 12.3 Å². The van der Waals surface area contributed by atoms with Gasteiger partial charge in [-0.1, -0.05) is 34.1 Å². The summed E-state index contributed by atoms with van der Waals surface area (Å²) in [4.78, 5) is 0. The summed E-state index contributed by atoms with van der Waals surface area (Å²) in [5.41, 5.74) is 0.695. The molecule has 0 bridgehead atoms. The lowest BCUT2D eigenvalue weighted by Gasteiger charge is -2.09. The lowest BCUT2D eigenvalue weighted by atomic mass is 10.2. The van der Waals surface area contributed by atoms with Crippen molar-refractivity contribution in [3.05, 3.63) is 34.3 Å². The zero-order chi connectivity index (χ0) is 12.2. The second-order valence-corrected chi connectivity index (χ2v) is 6.21. The van der Waals surface area contributed by atoms with Crippen LogP contribution in [0.1, 0.15) is 12.5 Å². The number of nitrogens with one attached hydrogen (secondary N) is 1. The Bertz CT molecular complexity index is 445. The van der Waals surface area contributed by atoms with Gasteiger partial charge >= 0.3 is 0 Å². The van der Waals surface area contributed by atoms with Gasteiger partial charge in [-0.2, -0.15) is 0 Å². The topological polar surface area (TPSA) is 66.4 Å². The van der Waals surface area contributed by atoms with Crippen LogP contribution in [-0.4, -0.2) is 26.2 Å². The van der Waals surface area contributed by atoms with E-state index in [9.17, 15) is 8.42 Å². The summed E-state index contributed by atoms with van der Waals surface area (Å²) in [6, 6.07) is 7.14. The summed E-state index contributed by atoms with van der Waals surface area (Å²) in [5, 5.41) is 9.00. The standard InChI is InChI=1S/C10H14BrNO3S/c1-8(13)6-12-16(14,15)7-9-4-2-3-5-10(9)11/h2-5,8,12-13H,6-7H2,1H3/t8-/m0/s1. The first-order chi connectivity index (χ1) is 7.41. The molecule has 0 heterocycles. The maximum absolute atomic E-state index is 11.6. The van der Waals surface area contributed by atoms with Gasteiger partial charge in [0.05, 0.1) is 11.9 Å². The molecule has 1 aromatic rings. The molecule has 0 aromatic heterocycles. The summed E-state index contributed by atoms with van der Waals surface area (Å²) >= 11 is 3.29. The third kappa shape index (κ3) is 4.61. The predicted molar refractivity (Wildman–Crippen MR) is 66.4 cm³/mol. The van der Waals surface area contributed by atoms with E-state index < -0.39 is 16.1 Å². The molecule has 4 nitrogen and oxygen atoms in total. The van der Waals surface area contributed by atoms with E-state index in [1.54, 1.807) is 18.2 Å². The van der Waals surface area contributed by atoms with Crippen LogP contribution in [0.25, 0.3) is 0 Å². The summed E-state index contributed by atoms with van der Waals surface area (Å²) in [5.74, 6) is -0.0961. The van der Waals surface area contributed by atoms with Gasteiger partial charge in [0.2, 0.25) is 10.0 Å². The monoisotopic (exact) mass is 307 g/mol. The fourth-order valence-corrected chi connectivity index (χ4v) is 2.99. The molecular weight excluding hydrogens is 294 g/mol.